The van der Waals surface area contributed by atoms with Crippen LogP contribution in [0.5, 0.6) is 0 Å². The van der Waals surface area contributed by atoms with Gasteiger partial charge in [0.2, 0.25) is 5.89 Å². The number of amides is 1. The van der Waals surface area contributed by atoms with Crippen LogP contribution in [0, 0.1) is 20.8 Å². The molecule has 3 aromatic rings. The summed E-state index contributed by atoms with van der Waals surface area (Å²) in [6, 6.07) is 7.52. The summed E-state index contributed by atoms with van der Waals surface area (Å²) in [4.78, 5) is 19.7. The zero-order chi connectivity index (χ0) is 18.7. The molecule has 0 aliphatic carbocycles. The average molecular weight is 372 g/mol. The number of hydrogen-bond donors (Lipinski definition) is 0. The molecule has 0 bridgehead atoms. The highest BCUT2D eigenvalue weighted by atomic mass is 32.2. The lowest BCUT2D eigenvalue weighted by Gasteiger charge is -2.18. The molecule has 136 valence electrons. The van der Waals surface area contributed by atoms with Crippen molar-refractivity contribution in [1.82, 2.24) is 20.2 Å². The van der Waals surface area contributed by atoms with Gasteiger partial charge < -0.3 is 13.9 Å². The maximum atomic E-state index is 12.9. The number of benzene rings is 1. The predicted molar refractivity (Wildman–Crippen MR) is 96.8 cm³/mol. The first-order valence-corrected chi connectivity index (χ1v) is 9.12. The highest BCUT2D eigenvalue weighted by molar-refractivity contribution is 7.98. The van der Waals surface area contributed by atoms with Crippen molar-refractivity contribution < 1.29 is 13.8 Å². The molecule has 0 aliphatic heterocycles. The molecular formula is C18H20N4O3S. The fourth-order valence-corrected chi connectivity index (χ4v) is 3.43. The van der Waals surface area contributed by atoms with Gasteiger partial charge in [-0.1, -0.05) is 22.4 Å². The Kier molecular flexibility index (Phi) is 5.41. The Balaban J connectivity index is 1.74. The van der Waals surface area contributed by atoms with Gasteiger partial charge in [-0.05, 0) is 32.9 Å². The van der Waals surface area contributed by atoms with E-state index in [1.165, 1.54) is 11.8 Å². The average Bonchev–Trinajstić information content (AvgIpc) is 3.19. The number of thioether (sulfide) groups is 1. The first kappa shape index (κ1) is 18.2. The molecule has 8 heteroatoms. The smallest absolute Gasteiger partial charge is 0.255 e. The van der Waals surface area contributed by atoms with Gasteiger partial charge in [-0.3, -0.25) is 4.79 Å². The van der Waals surface area contributed by atoms with E-state index in [2.05, 4.69) is 15.3 Å². The second-order valence-corrected chi connectivity index (χ2v) is 7.00. The molecule has 2 heterocycles. The highest BCUT2D eigenvalue weighted by Gasteiger charge is 2.19. The van der Waals surface area contributed by atoms with E-state index in [0.717, 1.165) is 21.9 Å². The van der Waals surface area contributed by atoms with E-state index >= 15 is 0 Å². The van der Waals surface area contributed by atoms with Crippen LogP contribution in [0.2, 0.25) is 0 Å². The van der Waals surface area contributed by atoms with Gasteiger partial charge in [-0.15, -0.1) is 11.8 Å². The van der Waals surface area contributed by atoms with E-state index in [-0.39, 0.29) is 5.91 Å². The number of rotatable bonds is 6. The standard InChI is InChI=1S/C18H20N4O3S/c1-11-15(12(2)24-20-11)9-22(4)18(23)14-7-5-6-8-16(14)26-10-17-19-13(3)21-25-17/h5-8H,9-10H2,1-4H3. The molecule has 0 unspecified atom stereocenters. The van der Waals surface area contributed by atoms with Gasteiger partial charge in [-0.2, -0.15) is 4.98 Å². The second-order valence-electron chi connectivity index (χ2n) is 5.98. The Bertz CT molecular complexity index is 899. The summed E-state index contributed by atoms with van der Waals surface area (Å²) in [6.07, 6.45) is 0. The van der Waals surface area contributed by atoms with E-state index in [9.17, 15) is 4.79 Å². The van der Waals surface area contributed by atoms with E-state index in [0.29, 0.717) is 29.6 Å². The topological polar surface area (TPSA) is 85.3 Å². The Morgan fingerprint density at radius 3 is 2.58 bits per heavy atom. The van der Waals surface area contributed by atoms with E-state index in [4.69, 9.17) is 9.05 Å². The van der Waals surface area contributed by atoms with Crippen molar-refractivity contribution in [2.75, 3.05) is 7.05 Å². The molecule has 0 saturated carbocycles. The molecule has 26 heavy (non-hydrogen) atoms. The molecule has 3 rings (SSSR count). The van der Waals surface area contributed by atoms with Crippen molar-refractivity contribution in [2.24, 2.45) is 0 Å². The summed E-state index contributed by atoms with van der Waals surface area (Å²) in [5, 5.41) is 7.73. The Morgan fingerprint density at radius 2 is 1.92 bits per heavy atom. The largest absolute Gasteiger partial charge is 0.361 e. The zero-order valence-corrected chi connectivity index (χ0v) is 16.0. The minimum atomic E-state index is -0.0604. The normalized spacial score (nSPS) is 10.9. The zero-order valence-electron chi connectivity index (χ0n) is 15.1. The van der Waals surface area contributed by atoms with Crippen LogP contribution >= 0.6 is 11.8 Å². The molecule has 0 atom stereocenters. The van der Waals surface area contributed by atoms with Gasteiger partial charge in [0, 0.05) is 17.5 Å². The van der Waals surface area contributed by atoms with Crippen LogP contribution in [0.1, 0.15) is 39.1 Å². The maximum Gasteiger partial charge on any atom is 0.255 e. The van der Waals surface area contributed by atoms with Crippen molar-refractivity contribution in [3.8, 4) is 0 Å². The molecule has 0 radical (unpaired) electrons. The van der Waals surface area contributed by atoms with Crippen molar-refractivity contribution >= 4 is 17.7 Å². The Hall–Kier alpha value is -2.61. The van der Waals surface area contributed by atoms with Crippen molar-refractivity contribution in [1.29, 1.82) is 0 Å². The monoisotopic (exact) mass is 372 g/mol. The maximum absolute atomic E-state index is 12.9. The molecule has 1 amide bonds. The van der Waals surface area contributed by atoms with Crippen LogP contribution < -0.4 is 0 Å². The third-order valence-electron chi connectivity index (χ3n) is 3.96. The number of hydrogen-bond acceptors (Lipinski definition) is 7. The van der Waals surface area contributed by atoms with E-state index in [1.54, 1.807) is 18.9 Å². The molecule has 0 saturated heterocycles. The second kappa shape index (κ2) is 7.74. The minimum absolute atomic E-state index is 0.0604. The molecule has 0 fully saturated rings. The number of carbonyl (C=O) groups excluding carboxylic acids is 1. The summed E-state index contributed by atoms with van der Waals surface area (Å²) in [5.41, 5.74) is 2.38. The first-order chi connectivity index (χ1) is 12.5. The fraction of sp³-hybridized carbons (Fsp3) is 0.333. The van der Waals surface area contributed by atoms with Gasteiger partial charge in [0.05, 0.1) is 23.6 Å². The van der Waals surface area contributed by atoms with Gasteiger partial charge in [0.25, 0.3) is 5.91 Å². The molecular weight excluding hydrogens is 352 g/mol. The molecule has 1 aromatic carbocycles. The molecule has 0 N–H and O–H groups in total. The highest BCUT2D eigenvalue weighted by Crippen LogP contribution is 2.27. The third kappa shape index (κ3) is 3.96. The van der Waals surface area contributed by atoms with Crippen molar-refractivity contribution in [3.63, 3.8) is 0 Å². The summed E-state index contributed by atoms with van der Waals surface area (Å²) in [7, 11) is 1.77. The van der Waals surface area contributed by atoms with Gasteiger partial charge >= 0.3 is 0 Å². The number of carbonyl (C=O) groups is 1. The van der Waals surface area contributed by atoms with Crippen LogP contribution in [0.15, 0.2) is 38.2 Å². The summed E-state index contributed by atoms with van der Waals surface area (Å²) < 4.78 is 10.3. The molecule has 0 spiro atoms. The van der Waals surface area contributed by atoms with Crippen LogP contribution in [0.4, 0.5) is 0 Å². The van der Waals surface area contributed by atoms with Crippen molar-refractivity contribution in [3.05, 3.63) is 58.6 Å². The Labute approximate surface area is 155 Å². The van der Waals surface area contributed by atoms with Gasteiger partial charge in [0.15, 0.2) is 5.82 Å². The molecule has 0 aliphatic rings. The minimum Gasteiger partial charge on any atom is -0.361 e. The fourth-order valence-electron chi connectivity index (χ4n) is 2.55. The SMILES string of the molecule is Cc1noc(CSc2ccccc2C(=O)N(C)Cc2c(C)noc2C)n1. The summed E-state index contributed by atoms with van der Waals surface area (Å²) >= 11 is 1.50. The van der Waals surface area contributed by atoms with Crippen molar-refractivity contribution in [2.45, 2.75) is 38.0 Å². The lowest BCUT2D eigenvalue weighted by molar-refractivity contribution is 0.0781. The van der Waals surface area contributed by atoms with Crippen LogP contribution in [-0.2, 0) is 12.3 Å². The van der Waals surface area contributed by atoms with E-state index < -0.39 is 0 Å². The van der Waals surface area contributed by atoms with Crippen LogP contribution in [0.25, 0.3) is 0 Å². The predicted octanol–water partition coefficient (Wildman–Crippen LogP) is 3.55. The Morgan fingerprint density at radius 1 is 1.15 bits per heavy atom. The van der Waals surface area contributed by atoms with Crippen LogP contribution in [-0.4, -0.2) is 33.2 Å². The molecule has 7 nitrogen and oxygen atoms in total. The lowest BCUT2D eigenvalue weighted by atomic mass is 10.1. The first-order valence-electron chi connectivity index (χ1n) is 8.14. The number of aromatic nitrogens is 3. The quantitative estimate of drug-likeness (QED) is 0.612. The lowest BCUT2D eigenvalue weighted by Crippen LogP contribution is -2.27. The number of nitrogens with zero attached hydrogens (tertiary/aromatic N) is 4. The molecule has 2 aromatic heterocycles. The summed E-state index contributed by atoms with van der Waals surface area (Å²) in [6.45, 7) is 5.95. The van der Waals surface area contributed by atoms with E-state index in [1.807, 2.05) is 38.1 Å². The van der Waals surface area contributed by atoms with Gasteiger partial charge in [-0.25, -0.2) is 0 Å². The van der Waals surface area contributed by atoms with Crippen LogP contribution in [0.3, 0.4) is 0 Å². The summed E-state index contributed by atoms with van der Waals surface area (Å²) in [5.74, 6) is 2.33. The third-order valence-corrected chi connectivity index (χ3v) is 5.02. The van der Waals surface area contributed by atoms with Gasteiger partial charge in [0.1, 0.15) is 5.76 Å². The number of aryl methyl sites for hydroxylation is 3.